The van der Waals surface area contributed by atoms with Gasteiger partial charge in [-0.25, -0.2) is 4.98 Å². The molecule has 16 heavy (non-hydrogen) atoms. The molecule has 0 aromatic carbocycles. The van der Waals surface area contributed by atoms with Crippen molar-refractivity contribution in [2.24, 2.45) is 0 Å². The second kappa shape index (κ2) is 5.12. The number of methoxy groups -OCH3 is 1. The van der Waals surface area contributed by atoms with Crippen molar-refractivity contribution in [3.63, 3.8) is 0 Å². The van der Waals surface area contributed by atoms with Crippen molar-refractivity contribution < 1.29 is 4.74 Å². The molecule has 1 aliphatic rings. The first-order valence-electron chi connectivity index (χ1n) is 5.65. The summed E-state index contributed by atoms with van der Waals surface area (Å²) in [6, 6.07) is 2.56. The SMILES string of the molecule is COc1cc(NCCNC2CC2)nc(C)n1. The topological polar surface area (TPSA) is 59.1 Å². The summed E-state index contributed by atoms with van der Waals surface area (Å²) in [7, 11) is 1.61. The highest BCUT2D eigenvalue weighted by atomic mass is 16.5. The molecule has 0 saturated heterocycles. The smallest absolute Gasteiger partial charge is 0.218 e. The maximum Gasteiger partial charge on any atom is 0.218 e. The molecule has 5 heteroatoms. The number of hydrogen-bond acceptors (Lipinski definition) is 5. The van der Waals surface area contributed by atoms with Crippen LogP contribution >= 0.6 is 0 Å². The molecule has 0 radical (unpaired) electrons. The molecule has 0 amide bonds. The average Bonchev–Trinajstić information content (AvgIpc) is 3.07. The van der Waals surface area contributed by atoms with Gasteiger partial charge in [-0.2, -0.15) is 4.98 Å². The lowest BCUT2D eigenvalue weighted by Crippen LogP contribution is -2.24. The van der Waals surface area contributed by atoms with Crippen molar-refractivity contribution in [2.75, 3.05) is 25.5 Å². The summed E-state index contributed by atoms with van der Waals surface area (Å²) in [4.78, 5) is 8.41. The van der Waals surface area contributed by atoms with E-state index in [1.54, 1.807) is 7.11 Å². The Hall–Kier alpha value is -1.36. The molecule has 0 bridgehead atoms. The zero-order chi connectivity index (χ0) is 11.4. The third-order valence-electron chi connectivity index (χ3n) is 2.47. The van der Waals surface area contributed by atoms with E-state index in [0.717, 1.165) is 30.8 Å². The van der Waals surface area contributed by atoms with E-state index in [0.29, 0.717) is 5.88 Å². The number of ether oxygens (including phenoxy) is 1. The van der Waals surface area contributed by atoms with E-state index in [-0.39, 0.29) is 0 Å². The Morgan fingerprint density at radius 3 is 2.88 bits per heavy atom. The van der Waals surface area contributed by atoms with E-state index >= 15 is 0 Å². The summed E-state index contributed by atoms with van der Waals surface area (Å²) in [6.07, 6.45) is 2.64. The zero-order valence-electron chi connectivity index (χ0n) is 9.79. The molecule has 0 spiro atoms. The lowest BCUT2D eigenvalue weighted by Gasteiger charge is -2.08. The third-order valence-corrected chi connectivity index (χ3v) is 2.47. The first-order chi connectivity index (χ1) is 7.78. The first-order valence-corrected chi connectivity index (χ1v) is 5.65. The molecule has 0 atom stereocenters. The lowest BCUT2D eigenvalue weighted by atomic mass is 10.5. The van der Waals surface area contributed by atoms with Crippen molar-refractivity contribution in [3.8, 4) is 5.88 Å². The summed E-state index contributed by atoms with van der Waals surface area (Å²) in [5.41, 5.74) is 0. The van der Waals surface area contributed by atoms with E-state index in [2.05, 4.69) is 20.6 Å². The Bertz CT molecular complexity index is 352. The molecule has 2 N–H and O–H groups in total. The van der Waals surface area contributed by atoms with Crippen LogP contribution in [0.25, 0.3) is 0 Å². The Kier molecular flexibility index (Phi) is 3.56. The summed E-state index contributed by atoms with van der Waals surface area (Å²) in [5, 5.41) is 6.68. The predicted octanol–water partition coefficient (Wildman–Crippen LogP) is 0.958. The van der Waals surface area contributed by atoms with Gasteiger partial charge in [0.05, 0.1) is 7.11 Å². The van der Waals surface area contributed by atoms with Gasteiger partial charge in [-0.15, -0.1) is 0 Å². The third kappa shape index (κ3) is 3.34. The molecule has 1 aliphatic carbocycles. The number of rotatable bonds is 6. The molecule has 2 rings (SSSR count). The van der Waals surface area contributed by atoms with Crippen LogP contribution in [0.1, 0.15) is 18.7 Å². The van der Waals surface area contributed by atoms with Gasteiger partial charge < -0.3 is 15.4 Å². The quantitative estimate of drug-likeness (QED) is 0.702. The Morgan fingerprint density at radius 2 is 2.19 bits per heavy atom. The Balaban J connectivity index is 1.80. The second-order valence-electron chi connectivity index (χ2n) is 4.00. The number of hydrogen-bond donors (Lipinski definition) is 2. The van der Waals surface area contributed by atoms with Crippen LogP contribution in [-0.2, 0) is 0 Å². The van der Waals surface area contributed by atoms with Gasteiger partial charge in [-0.3, -0.25) is 0 Å². The fourth-order valence-electron chi connectivity index (χ4n) is 1.49. The molecular formula is C11H18N4O. The number of nitrogens with one attached hydrogen (secondary N) is 2. The van der Waals surface area contributed by atoms with Crippen molar-refractivity contribution in [1.29, 1.82) is 0 Å². The summed E-state index contributed by atoms with van der Waals surface area (Å²) < 4.78 is 5.08. The fourth-order valence-corrected chi connectivity index (χ4v) is 1.49. The minimum atomic E-state index is 0.602. The van der Waals surface area contributed by atoms with Crippen LogP contribution in [0.2, 0.25) is 0 Å². The van der Waals surface area contributed by atoms with Crippen LogP contribution in [-0.4, -0.2) is 36.2 Å². The van der Waals surface area contributed by atoms with Crippen LogP contribution in [0.15, 0.2) is 6.07 Å². The standard InChI is InChI=1S/C11H18N4O/c1-8-14-10(7-11(15-8)16-2)13-6-5-12-9-3-4-9/h7,9,12H,3-6H2,1-2H3,(H,13,14,15). The Morgan fingerprint density at radius 1 is 1.38 bits per heavy atom. The predicted molar refractivity (Wildman–Crippen MR) is 62.8 cm³/mol. The molecule has 0 unspecified atom stereocenters. The van der Waals surface area contributed by atoms with Crippen molar-refractivity contribution >= 4 is 5.82 Å². The fraction of sp³-hybridized carbons (Fsp3) is 0.636. The molecule has 1 heterocycles. The molecule has 1 fully saturated rings. The van der Waals surface area contributed by atoms with E-state index in [9.17, 15) is 0 Å². The van der Waals surface area contributed by atoms with Gasteiger partial charge in [0.1, 0.15) is 11.6 Å². The monoisotopic (exact) mass is 222 g/mol. The Labute approximate surface area is 95.6 Å². The average molecular weight is 222 g/mol. The minimum absolute atomic E-state index is 0.602. The van der Waals surface area contributed by atoms with Gasteiger partial charge >= 0.3 is 0 Å². The van der Waals surface area contributed by atoms with Crippen molar-refractivity contribution in [3.05, 3.63) is 11.9 Å². The number of nitrogens with zero attached hydrogens (tertiary/aromatic N) is 2. The van der Waals surface area contributed by atoms with Gasteiger partial charge in [-0.05, 0) is 19.8 Å². The van der Waals surface area contributed by atoms with Crippen LogP contribution in [0, 0.1) is 6.92 Å². The van der Waals surface area contributed by atoms with E-state index in [4.69, 9.17) is 4.74 Å². The number of anilines is 1. The highest BCUT2D eigenvalue weighted by Crippen LogP contribution is 2.18. The summed E-state index contributed by atoms with van der Waals surface area (Å²) in [6.45, 7) is 3.70. The second-order valence-corrected chi connectivity index (χ2v) is 4.00. The van der Waals surface area contributed by atoms with Gasteiger partial charge in [0.2, 0.25) is 5.88 Å². The number of aromatic nitrogens is 2. The van der Waals surface area contributed by atoms with E-state index in [1.165, 1.54) is 12.8 Å². The molecule has 5 nitrogen and oxygen atoms in total. The van der Waals surface area contributed by atoms with Gasteiger partial charge in [0, 0.05) is 25.2 Å². The number of aryl methyl sites for hydroxylation is 1. The molecule has 0 aliphatic heterocycles. The minimum Gasteiger partial charge on any atom is -0.481 e. The summed E-state index contributed by atoms with van der Waals surface area (Å²) in [5.74, 6) is 2.14. The largest absolute Gasteiger partial charge is 0.481 e. The van der Waals surface area contributed by atoms with Gasteiger partial charge in [0.15, 0.2) is 0 Å². The maximum atomic E-state index is 5.08. The van der Waals surface area contributed by atoms with Gasteiger partial charge in [0.25, 0.3) is 0 Å². The summed E-state index contributed by atoms with van der Waals surface area (Å²) >= 11 is 0. The molecular weight excluding hydrogens is 204 g/mol. The van der Waals surface area contributed by atoms with E-state index < -0.39 is 0 Å². The van der Waals surface area contributed by atoms with Crippen LogP contribution < -0.4 is 15.4 Å². The molecule has 1 aromatic heterocycles. The lowest BCUT2D eigenvalue weighted by molar-refractivity contribution is 0.396. The van der Waals surface area contributed by atoms with E-state index in [1.807, 2.05) is 13.0 Å². The van der Waals surface area contributed by atoms with Crippen LogP contribution in [0.5, 0.6) is 5.88 Å². The molecule has 1 saturated carbocycles. The van der Waals surface area contributed by atoms with Crippen LogP contribution in [0.4, 0.5) is 5.82 Å². The molecule has 88 valence electrons. The first kappa shape index (κ1) is 11.1. The highest BCUT2D eigenvalue weighted by molar-refractivity contribution is 5.38. The van der Waals surface area contributed by atoms with Crippen LogP contribution in [0.3, 0.4) is 0 Å². The van der Waals surface area contributed by atoms with Crippen molar-refractivity contribution in [2.45, 2.75) is 25.8 Å². The highest BCUT2D eigenvalue weighted by Gasteiger charge is 2.19. The maximum absolute atomic E-state index is 5.08. The van der Waals surface area contributed by atoms with Crippen molar-refractivity contribution in [1.82, 2.24) is 15.3 Å². The normalized spacial score (nSPS) is 14.9. The molecule has 1 aromatic rings. The zero-order valence-corrected chi connectivity index (χ0v) is 9.79. The van der Waals surface area contributed by atoms with Gasteiger partial charge in [-0.1, -0.05) is 0 Å².